The van der Waals surface area contributed by atoms with Gasteiger partial charge in [-0.1, -0.05) is 24.3 Å². The Hall–Kier alpha value is -1.78. The van der Waals surface area contributed by atoms with Crippen molar-refractivity contribution < 1.29 is 10.2 Å². The molecule has 4 heteroatoms. The molecule has 84 valence electrons. The van der Waals surface area contributed by atoms with E-state index in [1.165, 1.54) is 12.2 Å². The first kappa shape index (κ1) is 10.7. The van der Waals surface area contributed by atoms with Crippen LogP contribution in [0.2, 0.25) is 0 Å². The van der Waals surface area contributed by atoms with Crippen LogP contribution in [-0.2, 0) is 0 Å². The fourth-order valence-corrected chi connectivity index (χ4v) is 1.81. The normalized spacial score (nSPS) is 22.9. The first-order valence-electron chi connectivity index (χ1n) is 4.96. The van der Waals surface area contributed by atoms with Crippen molar-refractivity contribution in [2.24, 2.45) is 5.73 Å². The van der Waals surface area contributed by atoms with Gasteiger partial charge >= 0.3 is 0 Å². The average molecular weight is 218 g/mol. The predicted octanol–water partition coefficient (Wildman–Crippen LogP) is 0.446. The zero-order valence-electron chi connectivity index (χ0n) is 8.67. The number of nitrogen functional groups attached to an aromatic ring is 1. The number of para-hydroxylation sites is 1. The first-order chi connectivity index (χ1) is 7.49. The lowest BCUT2D eigenvalue weighted by Gasteiger charge is -2.24. The highest BCUT2D eigenvalue weighted by Crippen LogP contribution is 2.32. The predicted molar refractivity (Wildman–Crippen MR) is 62.2 cm³/mol. The summed E-state index contributed by atoms with van der Waals surface area (Å²) in [7, 11) is 0. The summed E-state index contributed by atoms with van der Waals surface area (Å²) in [6.07, 6.45) is 4.14. The third kappa shape index (κ3) is 1.93. The summed E-state index contributed by atoms with van der Waals surface area (Å²) < 4.78 is 0. The van der Waals surface area contributed by atoms with E-state index in [-0.39, 0.29) is 5.92 Å². The minimum atomic E-state index is -1.95. The molecule has 0 saturated carbocycles. The van der Waals surface area contributed by atoms with Crippen LogP contribution in [0, 0.1) is 0 Å². The van der Waals surface area contributed by atoms with Crippen LogP contribution in [0.1, 0.15) is 11.5 Å². The molecule has 16 heavy (non-hydrogen) atoms. The van der Waals surface area contributed by atoms with Gasteiger partial charge in [-0.3, -0.25) is 0 Å². The Kier molecular flexibility index (Phi) is 2.46. The van der Waals surface area contributed by atoms with Gasteiger partial charge in [-0.05, 0) is 23.8 Å². The van der Waals surface area contributed by atoms with Crippen molar-refractivity contribution in [3.63, 3.8) is 0 Å². The molecule has 1 aliphatic carbocycles. The van der Waals surface area contributed by atoms with Gasteiger partial charge in [-0.2, -0.15) is 0 Å². The fraction of sp³-hybridized carbons (Fsp3) is 0.167. The number of hydrogen-bond donors (Lipinski definition) is 4. The van der Waals surface area contributed by atoms with E-state index in [0.29, 0.717) is 11.4 Å². The Balaban J connectivity index is 2.39. The van der Waals surface area contributed by atoms with Crippen LogP contribution in [0.25, 0.3) is 0 Å². The number of hydrogen-bond acceptors (Lipinski definition) is 4. The largest absolute Gasteiger partial charge is 0.401 e. The van der Waals surface area contributed by atoms with Gasteiger partial charge in [0.05, 0.1) is 0 Å². The molecule has 0 spiro atoms. The second kappa shape index (κ2) is 3.66. The van der Waals surface area contributed by atoms with Crippen LogP contribution in [0.15, 0.2) is 48.2 Å². The van der Waals surface area contributed by atoms with Gasteiger partial charge in [0.15, 0.2) is 0 Å². The fourth-order valence-electron chi connectivity index (χ4n) is 1.81. The van der Waals surface area contributed by atoms with Crippen LogP contribution < -0.4 is 11.5 Å². The minimum absolute atomic E-state index is 0.200. The quantitative estimate of drug-likeness (QED) is 0.313. The molecule has 6 N–H and O–H groups in total. The standard InChI is InChI=1S/C12H14N2O2/c13-10-4-2-1-3-8(10)9-5-6-12(15,16)7-11(9)14/h1-7,9,15-16H,13-14H2. The lowest BCUT2D eigenvalue weighted by molar-refractivity contribution is -0.0762. The summed E-state index contributed by atoms with van der Waals surface area (Å²) in [5.41, 5.74) is 13.5. The highest BCUT2D eigenvalue weighted by molar-refractivity contribution is 5.53. The average Bonchev–Trinajstić information content (AvgIpc) is 2.18. The van der Waals surface area contributed by atoms with Gasteiger partial charge in [0.2, 0.25) is 5.79 Å². The Morgan fingerprint density at radius 1 is 1.12 bits per heavy atom. The van der Waals surface area contributed by atoms with Crippen LogP contribution in [-0.4, -0.2) is 16.0 Å². The molecule has 1 aromatic carbocycles. The summed E-state index contributed by atoms with van der Waals surface area (Å²) in [5, 5.41) is 18.7. The van der Waals surface area contributed by atoms with Crippen molar-refractivity contribution in [2.45, 2.75) is 11.7 Å². The van der Waals surface area contributed by atoms with Crippen molar-refractivity contribution in [1.29, 1.82) is 0 Å². The van der Waals surface area contributed by atoms with E-state index >= 15 is 0 Å². The molecule has 1 atom stereocenters. The maximum Gasteiger partial charge on any atom is 0.204 e. The third-order valence-corrected chi connectivity index (χ3v) is 2.60. The molecule has 2 rings (SSSR count). The molecule has 0 bridgehead atoms. The molecular weight excluding hydrogens is 204 g/mol. The number of benzene rings is 1. The van der Waals surface area contributed by atoms with Gasteiger partial charge in [-0.15, -0.1) is 0 Å². The number of anilines is 1. The SMILES string of the molecule is NC1=CC(O)(O)C=CC1c1ccccc1N. The number of rotatable bonds is 1. The van der Waals surface area contributed by atoms with Gasteiger partial charge in [0, 0.05) is 17.3 Å². The van der Waals surface area contributed by atoms with Gasteiger partial charge in [0.1, 0.15) is 0 Å². The second-order valence-electron chi connectivity index (χ2n) is 3.89. The second-order valence-corrected chi connectivity index (χ2v) is 3.89. The number of nitrogens with two attached hydrogens (primary N) is 2. The van der Waals surface area contributed by atoms with Crippen LogP contribution >= 0.6 is 0 Å². The summed E-state index contributed by atoms with van der Waals surface area (Å²) >= 11 is 0. The van der Waals surface area contributed by atoms with Crippen molar-refractivity contribution >= 4 is 5.69 Å². The van der Waals surface area contributed by atoms with Crippen LogP contribution in [0.3, 0.4) is 0 Å². The molecule has 0 fully saturated rings. The van der Waals surface area contributed by atoms with Crippen molar-refractivity contribution in [3.8, 4) is 0 Å². The molecule has 0 aromatic heterocycles. The van der Waals surface area contributed by atoms with Crippen LogP contribution in [0.5, 0.6) is 0 Å². The zero-order chi connectivity index (χ0) is 11.8. The Labute approximate surface area is 93.5 Å². The van der Waals surface area contributed by atoms with E-state index in [2.05, 4.69) is 0 Å². The monoisotopic (exact) mass is 218 g/mol. The van der Waals surface area contributed by atoms with E-state index < -0.39 is 5.79 Å². The maximum absolute atomic E-state index is 9.36. The van der Waals surface area contributed by atoms with Gasteiger partial charge in [-0.25, -0.2) is 0 Å². The number of aliphatic hydroxyl groups is 2. The molecule has 0 heterocycles. The molecule has 1 aromatic rings. The smallest absolute Gasteiger partial charge is 0.204 e. The molecule has 0 saturated heterocycles. The molecular formula is C12H14N2O2. The van der Waals surface area contributed by atoms with E-state index in [1.54, 1.807) is 12.1 Å². The Morgan fingerprint density at radius 3 is 2.44 bits per heavy atom. The molecule has 4 nitrogen and oxygen atoms in total. The highest BCUT2D eigenvalue weighted by atomic mass is 16.5. The Bertz CT molecular complexity index is 464. The van der Waals surface area contributed by atoms with Crippen molar-refractivity contribution in [1.82, 2.24) is 0 Å². The lowest BCUT2D eigenvalue weighted by atomic mass is 9.89. The highest BCUT2D eigenvalue weighted by Gasteiger charge is 2.25. The minimum Gasteiger partial charge on any atom is -0.401 e. The van der Waals surface area contributed by atoms with E-state index in [0.717, 1.165) is 5.56 Å². The maximum atomic E-state index is 9.36. The lowest BCUT2D eigenvalue weighted by Crippen LogP contribution is -2.28. The van der Waals surface area contributed by atoms with Gasteiger partial charge in [0.25, 0.3) is 0 Å². The topological polar surface area (TPSA) is 92.5 Å². The van der Waals surface area contributed by atoms with Gasteiger partial charge < -0.3 is 21.7 Å². The number of allylic oxidation sites excluding steroid dienone is 1. The van der Waals surface area contributed by atoms with E-state index in [4.69, 9.17) is 11.5 Å². The van der Waals surface area contributed by atoms with E-state index in [1.807, 2.05) is 18.2 Å². The summed E-state index contributed by atoms with van der Waals surface area (Å²) in [4.78, 5) is 0. The summed E-state index contributed by atoms with van der Waals surface area (Å²) in [6, 6.07) is 7.36. The molecule has 0 amide bonds. The first-order valence-corrected chi connectivity index (χ1v) is 4.96. The molecule has 1 aliphatic rings. The summed E-state index contributed by atoms with van der Waals surface area (Å²) in [6.45, 7) is 0. The zero-order valence-corrected chi connectivity index (χ0v) is 8.67. The Morgan fingerprint density at radius 2 is 1.81 bits per heavy atom. The van der Waals surface area contributed by atoms with Crippen LogP contribution in [0.4, 0.5) is 5.69 Å². The molecule has 0 aliphatic heterocycles. The van der Waals surface area contributed by atoms with Crippen molar-refractivity contribution in [3.05, 3.63) is 53.8 Å². The van der Waals surface area contributed by atoms with E-state index in [9.17, 15) is 10.2 Å². The third-order valence-electron chi connectivity index (χ3n) is 2.60. The summed E-state index contributed by atoms with van der Waals surface area (Å²) in [5.74, 6) is -2.15. The van der Waals surface area contributed by atoms with Crippen molar-refractivity contribution in [2.75, 3.05) is 5.73 Å². The molecule has 0 radical (unpaired) electrons. The molecule has 1 unspecified atom stereocenters.